The van der Waals surface area contributed by atoms with Gasteiger partial charge in [-0.15, -0.1) is 19.0 Å². The van der Waals surface area contributed by atoms with Crippen molar-refractivity contribution in [1.82, 2.24) is 4.90 Å². The SMILES string of the molecule is C=CCN(C)C(=O)c1ccc2c(c1)CCN2.Cl. The summed E-state index contributed by atoms with van der Waals surface area (Å²) in [6.45, 7) is 5.18. The molecule has 1 aliphatic rings. The highest BCUT2D eigenvalue weighted by molar-refractivity contribution is 5.95. The molecule has 92 valence electrons. The van der Waals surface area contributed by atoms with Crippen LogP contribution in [0.25, 0.3) is 0 Å². The minimum absolute atomic E-state index is 0. The first kappa shape index (κ1) is 13.6. The number of carbonyl (C=O) groups is 1. The fourth-order valence-electron chi connectivity index (χ4n) is 1.93. The fraction of sp³-hybridized carbons (Fsp3) is 0.308. The van der Waals surface area contributed by atoms with E-state index in [-0.39, 0.29) is 18.3 Å². The van der Waals surface area contributed by atoms with Gasteiger partial charge in [-0.05, 0) is 30.2 Å². The third kappa shape index (κ3) is 2.80. The summed E-state index contributed by atoms with van der Waals surface area (Å²) in [5.74, 6) is 0.0506. The van der Waals surface area contributed by atoms with Crippen LogP contribution in [-0.4, -0.2) is 30.9 Å². The number of amides is 1. The number of likely N-dealkylation sites (N-methyl/N-ethyl adjacent to an activating group) is 1. The van der Waals surface area contributed by atoms with Gasteiger partial charge in [-0.3, -0.25) is 4.79 Å². The summed E-state index contributed by atoms with van der Waals surface area (Å²) in [5.41, 5.74) is 3.15. The molecule has 1 N–H and O–H groups in total. The smallest absolute Gasteiger partial charge is 0.253 e. The second-order valence-corrected chi connectivity index (χ2v) is 4.02. The van der Waals surface area contributed by atoms with Crippen LogP contribution in [0.2, 0.25) is 0 Å². The van der Waals surface area contributed by atoms with E-state index in [4.69, 9.17) is 0 Å². The number of rotatable bonds is 3. The monoisotopic (exact) mass is 252 g/mol. The third-order valence-electron chi connectivity index (χ3n) is 2.81. The fourth-order valence-corrected chi connectivity index (χ4v) is 1.93. The highest BCUT2D eigenvalue weighted by Gasteiger charge is 2.15. The lowest BCUT2D eigenvalue weighted by Crippen LogP contribution is -2.26. The van der Waals surface area contributed by atoms with Crippen molar-refractivity contribution in [2.24, 2.45) is 0 Å². The van der Waals surface area contributed by atoms with Crippen molar-refractivity contribution in [1.29, 1.82) is 0 Å². The molecule has 0 saturated carbocycles. The molecule has 1 amide bonds. The molecule has 0 radical (unpaired) electrons. The molecular formula is C13H17ClN2O. The van der Waals surface area contributed by atoms with Crippen LogP contribution in [0, 0.1) is 0 Å². The van der Waals surface area contributed by atoms with Crippen molar-refractivity contribution >= 4 is 24.0 Å². The molecule has 2 rings (SSSR count). The van der Waals surface area contributed by atoms with Crippen molar-refractivity contribution in [2.75, 3.05) is 25.5 Å². The number of hydrogen-bond donors (Lipinski definition) is 1. The molecule has 0 spiro atoms. The van der Waals surface area contributed by atoms with Crippen LogP contribution >= 0.6 is 12.4 Å². The molecule has 0 bridgehead atoms. The van der Waals surface area contributed by atoms with E-state index in [1.807, 2.05) is 18.2 Å². The maximum atomic E-state index is 12.0. The minimum atomic E-state index is 0. The van der Waals surface area contributed by atoms with Crippen LogP contribution in [0.3, 0.4) is 0 Å². The Morgan fingerprint density at radius 3 is 3.06 bits per heavy atom. The summed E-state index contributed by atoms with van der Waals surface area (Å²) in [4.78, 5) is 13.7. The normalized spacial score (nSPS) is 12.1. The Hall–Kier alpha value is -1.48. The lowest BCUT2D eigenvalue weighted by Gasteiger charge is -2.15. The number of nitrogens with one attached hydrogen (secondary N) is 1. The number of anilines is 1. The molecule has 4 heteroatoms. The molecule has 1 aliphatic heterocycles. The van der Waals surface area contributed by atoms with Crippen molar-refractivity contribution < 1.29 is 4.79 Å². The Morgan fingerprint density at radius 2 is 2.35 bits per heavy atom. The number of fused-ring (bicyclic) bond motifs is 1. The first-order valence-electron chi connectivity index (χ1n) is 5.45. The summed E-state index contributed by atoms with van der Waals surface area (Å²) in [6, 6.07) is 5.84. The summed E-state index contributed by atoms with van der Waals surface area (Å²) in [6.07, 6.45) is 2.73. The highest BCUT2D eigenvalue weighted by atomic mass is 35.5. The third-order valence-corrected chi connectivity index (χ3v) is 2.81. The van der Waals surface area contributed by atoms with Crippen LogP contribution in [0.4, 0.5) is 5.69 Å². The Bertz CT molecular complexity index is 431. The zero-order chi connectivity index (χ0) is 11.5. The second kappa shape index (κ2) is 5.73. The predicted octanol–water partition coefficient (Wildman–Crippen LogP) is 2.33. The van der Waals surface area contributed by atoms with Gasteiger partial charge >= 0.3 is 0 Å². The van der Waals surface area contributed by atoms with Gasteiger partial charge in [-0.1, -0.05) is 6.08 Å². The molecule has 3 nitrogen and oxygen atoms in total. The van der Waals surface area contributed by atoms with Crippen LogP contribution in [0.1, 0.15) is 15.9 Å². The molecule has 0 atom stereocenters. The number of nitrogens with zero attached hydrogens (tertiary/aromatic N) is 1. The van der Waals surface area contributed by atoms with E-state index in [1.165, 1.54) is 5.56 Å². The van der Waals surface area contributed by atoms with Crippen LogP contribution in [0.15, 0.2) is 30.9 Å². The van der Waals surface area contributed by atoms with Crippen LogP contribution in [-0.2, 0) is 6.42 Å². The van der Waals surface area contributed by atoms with E-state index >= 15 is 0 Å². The summed E-state index contributed by atoms with van der Waals surface area (Å²) in [7, 11) is 1.79. The van der Waals surface area contributed by atoms with Gasteiger partial charge in [-0.2, -0.15) is 0 Å². The maximum Gasteiger partial charge on any atom is 0.253 e. The molecule has 1 heterocycles. The van der Waals surface area contributed by atoms with E-state index in [0.717, 1.165) is 24.2 Å². The molecule has 0 aromatic heterocycles. The first-order chi connectivity index (χ1) is 7.72. The van der Waals surface area contributed by atoms with Gasteiger partial charge in [0.2, 0.25) is 0 Å². The molecule has 1 aromatic carbocycles. The van der Waals surface area contributed by atoms with Gasteiger partial charge in [0.1, 0.15) is 0 Å². The topological polar surface area (TPSA) is 32.3 Å². The standard InChI is InChI=1S/C13H16N2O.ClH/c1-3-8-15(2)13(16)11-4-5-12-10(9-11)6-7-14-12;/h3-5,9,14H,1,6-8H2,2H3;1H. The number of halogens is 1. The van der Waals surface area contributed by atoms with Crippen LogP contribution in [0.5, 0.6) is 0 Å². The van der Waals surface area contributed by atoms with E-state index < -0.39 is 0 Å². The van der Waals surface area contributed by atoms with Gasteiger partial charge in [0.05, 0.1) is 0 Å². The average molecular weight is 253 g/mol. The average Bonchev–Trinajstić information content (AvgIpc) is 2.75. The zero-order valence-corrected chi connectivity index (χ0v) is 10.7. The van der Waals surface area contributed by atoms with E-state index in [1.54, 1.807) is 18.0 Å². The van der Waals surface area contributed by atoms with E-state index in [2.05, 4.69) is 11.9 Å². The van der Waals surface area contributed by atoms with Gasteiger partial charge in [0, 0.05) is 31.4 Å². The molecule has 0 unspecified atom stereocenters. The van der Waals surface area contributed by atoms with Gasteiger partial charge in [0.15, 0.2) is 0 Å². The molecule has 17 heavy (non-hydrogen) atoms. The molecular weight excluding hydrogens is 236 g/mol. The molecule has 0 fully saturated rings. The maximum absolute atomic E-state index is 12.0. The Labute approximate surface area is 108 Å². The molecule has 0 saturated heterocycles. The van der Waals surface area contributed by atoms with Gasteiger partial charge in [-0.25, -0.2) is 0 Å². The lowest BCUT2D eigenvalue weighted by molar-refractivity contribution is 0.0810. The van der Waals surface area contributed by atoms with Crippen molar-refractivity contribution in [3.05, 3.63) is 42.0 Å². The Kier molecular flexibility index (Phi) is 4.58. The summed E-state index contributed by atoms with van der Waals surface area (Å²) >= 11 is 0. The predicted molar refractivity (Wildman–Crippen MR) is 73.0 cm³/mol. The van der Waals surface area contributed by atoms with Crippen LogP contribution < -0.4 is 5.32 Å². The number of hydrogen-bond acceptors (Lipinski definition) is 2. The van der Waals surface area contributed by atoms with E-state index in [9.17, 15) is 4.79 Å². The lowest BCUT2D eigenvalue weighted by atomic mass is 10.1. The Balaban J connectivity index is 0.00000144. The zero-order valence-electron chi connectivity index (χ0n) is 9.90. The molecule has 0 aliphatic carbocycles. The summed E-state index contributed by atoms with van der Waals surface area (Å²) in [5, 5.41) is 3.28. The van der Waals surface area contributed by atoms with Gasteiger partial charge in [0.25, 0.3) is 5.91 Å². The number of carbonyl (C=O) groups excluding carboxylic acids is 1. The van der Waals surface area contributed by atoms with Gasteiger partial charge < -0.3 is 10.2 Å². The minimum Gasteiger partial charge on any atom is -0.384 e. The quantitative estimate of drug-likeness (QED) is 0.838. The second-order valence-electron chi connectivity index (χ2n) is 4.02. The highest BCUT2D eigenvalue weighted by Crippen LogP contribution is 2.23. The van der Waals surface area contributed by atoms with Crippen molar-refractivity contribution in [2.45, 2.75) is 6.42 Å². The van der Waals surface area contributed by atoms with Crippen molar-refractivity contribution in [3.63, 3.8) is 0 Å². The number of benzene rings is 1. The van der Waals surface area contributed by atoms with E-state index in [0.29, 0.717) is 6.54 Å². The largest absolute Gasteiger partial charge is 0.384 e. The molecule has 1 aromatic rings. The van der Waals surface area contributed by atoms with Crippen molar-refractivity contribution in [3.8, 4) is 0 Å². The Morgan fingerprint density at radius 1 is 1.59 bits per heavy atom. The summed E-state index contributed by atoms with van der Waals surface area (Å²) < 4.78 is 0. The first-order valence-corrected chi connectivity index (χ1v) is 5.45.